The molecule has 0 aliphatic rings. The molecule has 5 rings (SSSR count). The monoisotopic (exact) mass is 561 g/mol. The summed E-state index contributed by atoms with van der Waals surface area (Å²) in [6, 6.07) is 24.5. The topological polar surface area (TPSA) is 72.2 Å². The lowest BCUT2D eigenvalue weighted by Gasteiger charge is -2.15. The van der Waals surface area contributed by atoms with Crippen molar-refractivity contribution in [3.63, 3.8) is 0 Å². The van der Waals surface area contributed by atoms with Crippen LogP contribution in [0.4, 0.5) is 4.39 Å². The number of fused-ring (bicyclic) bond motifs is 1. The summed E-state index contributed by atoms with van der Waals surface area (Å²) in [7, 11) is 0. The summed E-state index contributed by atoms with van der Waals surface area (Å²) in [6.45, 7) is 8.54. The van der Waals surface area contributed by atoms with E-state index in [4.69, 9.17) is 4.74 Å². The molecule has 0 bridgehead atoms. The maximum absolute atomic E-state index is 13.4. The first-order chi connectivity index (χ1) is 20.2. The van der Waals surface area contributed by atoms with Gasteiger partial charge in [0.05, 0.1) is 17.4 Å². The lowest BCUT2D eigenvalue weighted by atomic mass is 10.0. The molecule has 2 aromatic heterocycles. The molecule has 3 aromatic carbocycles. The molecule has 42 heavy (non-hydrogen) atoms. The fourth-order valence-corrected chi connectivity index (χ4v) is 4.92. The Bertz CT molecular complexity index is 1790. The summed E-state index contributed by atoms with van der Waals surface area (Å²) in [6.07, 6.45) is 3.34. The van der Waals surface area contributed by atoms with E-state index in [-0.39, 0.29) is 11.7 Å². The second kappa shape index (κ2) is 12.2. The molecule has 0 unspecified atom stereocenters. The van der Waals surface area contributed by atoms with Crippen molar-refractivity contribution in [2.45, 2.75) is 40.2 Å². The number of hydrogen-bond donors (Lipinski definition) is 1. The summed E-state index contributed by atoms with van der Waals surface area (Å²) in [4.78, 5) is 26.1. The molecule has 0 saturated carbocycles. The number of ether oxygens (including phenoxy) is 1. The lowest BCUT2D eigenvalue weighted by Crippen LogP contribution is -2.17. The minimum absolute atomic E-state index is 0.232. The SMILES string of the molecule is Cc1ccc(C(C)C)c(OCc2ccc(C(=O)N/N=C/c3c(C)c(C(=O)c4ccc(F)cc4)n4ccccc34)cc2)c1. The van der Waals surface area contributed by atoms with Crippen molar-refractivity contribution < 1.29 is 18.7 Å². The Labute approximate surface area is 244 Å². The van der Waals surface area contributed by atoms with E-state index in [9.17, 15) is 14.0 Å². The number of carbonyl (C=O) groups is 2. The summed E-state index contributed by atoms with van der Waals surface area (Å²) in [5.41, 5.74) is 9.28. The van der Waals surface area contributed by atoms with Crippen LogP contribution < -0.4 is 10.2 Å². The predicted molar refractivity (Wildman–Crippen MR) is 163 cm³/mol. The average Bonchev–Trinajstić information content (AvgIpc) is 3.27. The van der Waals surface area contributed by atoms with Crippen LogP contribution in [0.3, 0.4) is 0 Å². The standard InChI is InChI=1S/C35H32FN3O3/c1-22(2)29-17-8-23(3)19-32(29)42-21-25-9-11-27(12-10-25)35(41)38-37-20-30-24(4)33(39-18-6-5-7-31(30)39)34(40)26-13-15-28(36)16-14-26/h5-20,22H,21H2,1-4H3,(H,38,41)/b37-20+. The number of aromatic nitrogens is 1. The van der Waals surface area contributed by atoms with Crippen LogP contribution in [0.1, 0.15) is 74.0 Å². The van der Waals surface area contributed by atoms with E-state index in [1.54, 1.807) is 28.9 Å². The van der Waals surface area contributed by atoms with Gasteiger partial charge in [-0.1, -0.05) is 44.2 Å². The number of amides is 1. The second-order valence-electron chi connectivity index (χ2n) is 10.6. The third-order valence-electron chi connectivity index (χ3n) is 7.22. The highest BCUT2D eigenvalue weighted by atomic mass is 19.1. The van der Waals surface area contributed by atoms with Gasteiger partial charge >= 0.3 is 0 Å². The van der Waals surface area contributed by atoms with E-state index in [1.807, 2.05) is 50.2 Å². The second-order valence-corrected chi connectivity index (χ2v) is 10.6. The molecule has 0 spiro atoms. The summed E-state index contributed by atoms with van der Waals surface area (Å²) < 4.78 is 21.3. The number of nitrogens with zero attached hydrogens (tertiary/aromatic N) is 2. The van der Waals surface area contributed by atoms with Crippen molar-refractivity contribution >= 4 is 23.4 Å². The zero-order valence-electron chi connectivity index (χ0n) is 24.0. The van der Waals surface area contributed by atoms with Gasteiger partial charge in [0.25, 0.3) is 5.91 Å². The molecule has 212 valence electrons. The van der Waals surface area contributed by atoms with Gasteiger partial charge in [0, 0.05) is 22.9 Å². The Kier molecular flexibility index (Phi) is 8.29. The minimum atomic E-state index is -0.405. The molecule has 0 radical (unpaired) electrons. The van der Waals surface area contributed by atoms with Crippen molar-refractivity contribution in [3.8, 4) is 5.75 Å². The van der Waals surface area contributed by atoms with Crippen LogP contribution in [-0.4, -0.2) is 22.3 Å². The van der Waals surface area contributed by atoms with Crippen LogP contribution in [0.2, 0.25) is 0 Å². The third-order valence-corrected chi connectivity index (χ3v) is 7.22. The number of pyridine rings is 1. The minimum Gasteiger partial charge on any atom is -0.489 e. The normalized spacial score (nSPS) is 11.4. The fraction of sp³-hybridized carbons (Fsp3) is 0.171. The van der Waals surface area contributed by atoms with Gasteiger partial charge in [-0.25, -0.2) is 9.82 Å². The smallest absolute Gasteiger partial charge is 0.271 e. The van der Waals surface area contributed by atoms with Gasteiger partial charge in [-0.05, 0) is 96.6 Å². The predicted octanol–water partition coefficient (Wildman–Crippen LogP) is 7.39. The molecule has 0 fully saturated rings. The quantitative estimate of drug-likeness (QED) is 0.116. The van der Waals surface area contributed by atoms with E-state index < -0.39 is 5.82 Å². The number of rotatable bonds is 9. The first-order valence-electron chi connectivity index (χ1n) is 13.8. The Hall–Kier alpha value is -5.04. The van der Waals surface area contributed by atoms with Crippen LogP contribution in [0.5, 0.6) is 5.75 Å². The molecular weight excluding hydrogens is 529 g/mol. The summed E-state index contributed by atoms with van der Waals surface area (Å²) in [5.74, 6) is 0.227. The Morgan fingerprint density at radius 3 is 2.38 bits per heavy atom. The van der Waals surface area contributed by atoms with E-state index >= 15 is 0 Å². The Morgan fingerprint density at radius 2 is 1.67 bits per heavy atom. The van der Waals surface area contributed by atoms with Gasteiger partial charge in [-0.15, -0.1) is 0 Å². The zero-order valence-corrected chi connectivity index (χ0v) is 24.0. The van der Waals surface area contributed by atoms with E-state index in [2.05, 4.69) is 36.5 Å². The van der Waals surface area contributed by atoms with Crippen LogP contribution in [0, 0.1) is 19.7 Å². The molecule has 0 aliphatic carbocycles. The number of aryl methyl sites for hydroxylation is 1. The van der Waals surface area contributed by atoms with Gasteiger partial charge in [0.1, 0.15) is 18.2 Å². The highest BCUT2D eigenvalue weighted by molar-refractivity contribution is 6.12. The number of carbonyl (C=O) groups excluding carboxylic acids is 2. The molecular formula is C35H32FN3O3. The van der Waals surface area contributed by atoms with Crippen molar-refractivity contribution in [1.29, 1.82) is 0 Å². The third kappa shape index (κ3) is 6.00. The molecule has 0 aliphatic heterocycles. The van der Waals surface area contributed by atoms with E-state index in [0.29, 0.717) is 40.5 Å². The van der Waals surface area contributed by atoms with Crippen molar-refractivity contribution in [1.82, 2.24) is 9.83 Å². The maximum Gasteiger partial charge on any atom is 0.271 e. The van der Waals surface area contributed by atoms with Gasteiger partial charge in [0.15, 0.2) is 0 Å². The number of benzene rings is 3. The molecule has 7 heteroatoms. The Morgan fingerprint density at radius 1 is 0.952 bits per heavy atom. The fourth-order valence-electron chi connectivity index (χ4n) is 4.92. The highest BCUT2D eigenvalue weighted by Crippen LogP contribution is 2.28. The number of hydrogen-bond acceptors (Lipinski definition) is 4. The number of nitrogens with one attached hydrogen (secondary N) is 1. The van der Waals surface area contributed by atoms with Gasteiger partial charge in [-0.3, -0.25) is 9.59 Å². The Balaban J connectivity index is 1.28. The van der Waals surface area contributed by atoms with Gasteiger partial charge in [-0.2, -0.15) is 5.10 Å². The largest absolute Gasteiger partial charge is 0.489 e. The first-order valence-corrected chi connectivity index (χ1v) is 13.8. The average molecular weight is 562 g/mol. The number of ketones is 1. The molecule has 6 nitrogen and oxygen atoms in total. The van der Waals surface area contributed by atoms with E-state index in [0.717, 1.165) is 28.0 Å². The molecule has 0 atom stereocenters. The van der Waals surface area contributed by atoms with Crippen molar-refractivity contribution in [2.75, 3.05) is 0 Å². The van der Waals surface area contributed by atoms with Crippen molar-refractivity contribution in [3.05, 3.63) is 142 Å². The maximum atomic E-state index is 13.4. The van der Waals surface area contributed by atoms with Crippen molar-refractivity contribution in [2.24, 2.45) is 5.10 Å². The molecule has 1 amide bonds. The van der Waals surface area contributed by atoms with Crippen LogP contribution in [0.15, 0.2) is 96.2 Å². The molecule has 0 saturated heterocycles. The first kappa shape index (κ1) is 28.5. The molecule has 2 heterocycles. The summed E-state index contributed by atoms with van der Waals surface area (Å²) in [5, 5.41) is 4.20. The highest BCUT2D eigenvalue weighted by Gasteiger charge is 2.21. The molecule has 1 N–H and O–H groups in total. The van der Waals surface area contributed by atoms with E-state index in [1.165, 1.54) is 24.3 Å². The van der Waals surface area contributed by atoms with Crippen LogP contribution in [-0.2, 0) is 6.61 Å². The zero-order chi connectivity index (χ0) is 29.8. The molecule has 5 aromatic rings. The number of hydrazone groups is 1. The van der Waals surface area contributed by atoms with Gasteiger partial charge in [0.2, 0.25) is 5.78 Å². The number of halogens is 1. The van der Waals surface area contributed by atoms with Crippen LogP contribution in [0.25, 0.3) is 5.52 Å². The summed E-state index contributed by atoms with van der Waals surface area (Å²) >= 11 is 0. The van der Waals surface area contributed by atoms with Gasteiger partial charge < -0.3 is 9.14 Å². The lowest BCUT2D eigenvalue weighted by molar-refractivity contribution is 0.0954. The van der Waals surface area contributed by atoms with Crippen LogP contribution >= 0.6 is 0 Å².